The summed E-state index contributed by atoms with van der Waals surface area (Å²) >= 11 is 0. The zero-order chi connectivity index (χ0) is 26.1. The van der Waals surface area contributed by atoms with E-state index in [0.717, 1.165) is 23.8 Å². The molecular formula is C27H22F3N3O3. The molecule has 0 saturated heterocycles. The van der Waals surface area contributed by atoms with E-state index >= 15 is 0 Å². The normalized spacial score (nSPS) is 12.2. The number of nitrogens with zero attached hydrogens (tertiary/aromatic N) is 1. The van der Waals surface area contributed by atoms with Gasteiger partial charge in [0.15, 0.2) is 6.61 Å². The summed E-state index contributed by atoms with van der Waals surface area (Å²) in [5.41, 5.74) is 0.157. The second kappa shape index (κ2) is 11.7. The van der Waals surface area contributed by atoms with Crippen LogP contribution in [0.1, 0.15) is 29.7 Å². The highest BCUT2D eigenvalue weighted by Gasteiger charge is 2.30. The number of halogens is 3. The summed E-state index contributed by atoms with van der Waals surface area (Å²) in [7, 11) is 0. The van der Waals surface area contributed by atoms with Gasteiger partial charge in [0.25, 0.3) is 11.8 Å². The molecule has 1 atom stereocenters. The molecular weight excluding hydrogens is 471 g/mol. The van der Waals surface area contributed by atoms with Gasteiger partial charge in [0.05, 0.1) is 11.6 Å². The lowest BCUT2D eigenvalue weighted by Gasteiger charge is -2.14. The highest BCUT2D eigenvalue weighted by Crippen LogP contribution is 2.30. The fourth-order valence-corrected chi connectivity index (χ4v) is 3.20. The van der Waals surface area contributed by atoms with Gasteiger partial charge < -0.3 is 15.4 Å². The number of rotatable bonds is 8. The van der Waals surface area contributed by atoms with Crippen molar-refractivity contribution in [3.8, 4) is 11.8 Å². The number of amides is 2. The molecule has 6 nitrogen and oxygen atoms in total. The van der Waals surface area contributed by atoms with E-state index in [1.807, 2.05) is 37.3 Å². The van der Waals surface area contributed by atoms with Crippen molar-refractivity contribution in [2.45, 2.75) is 19.1 Å². The average Bonchev–Trinajstić information content (AvgIpc) is 2.86. The molecule has 0 aromatic heterocycles. The van der Waals surface area contributed by atoms with Gasteiger partial charge in [0.1, 0.15) is 17.4 Å². The molecule has 3 aromatic carbocycles. The van der Waals surface area contributed by atoms with Crippen molar-refractivity contribution in [1.29, 1.82) is 5.26 Å². The number of alkyl halides is 3. The minimum Gasteiger partial charge on any atom is -0.484 e. The van der Waals surface area contributed by atoms with Gasteiger partial charge in [-0.25, -0.2) is 0 Å². The standard InChI is InChI=1S/C27H22F3N3O3/c1-18(20-6-3-2-4-7-20)32-25(34)17-36-24-12-10-19(11-13-24)14-21(16-31)26(35)33-23-9-5-8-22(15-23)27(28,29)30/h2-15,18H,17H2,1H3,(H,32,34)(H,33,35)/b21-14+/t18-/m0/s1. The van der Waals surface area contributed by atoms with Crippen molar-refractivity contribution >= 4 is 23.6 Å². The number of anilines is 1. The van der Waals surface area contributed by atoms with Gasteiger partial charge >= 0.3 is 6.18 Å². The van der Waals surface area contributed by atoms with Crippen molar-refractivity contribution in [2.24, 2.45) is 0 Å². The third kappa shape index (κ3) is 7.46. The lowest BCUT2D eigenvalue weighted by atomic mass is 10.1. The molecule has 0 unspecified atom stereocenters. The number of hydrogen-bond acceptors (Lipinski definition) is 4. The minimum absolute atomic E-state index is 0.0837. The van der Waals surface area contributed by atoms with Crippen molar-refractivity contribution < 1.29 is 27.5 Å². The molecule has 2 amide bonds. The molecule has 2 N–H and O–H groups in total. The van der Waals surface area contributed by atoms with Crippen LogP contribution in [0, 0.1) is 11.3 Å². The second-order valence-corrected chi connectivity index (χ2v) is 7.76. The van der Waals surface area contributed by atoms with E-state index < -0.39 is 17.6 Å². The number of carbonyl (C=O) groups is 2. The van der Waals surface area contributed by atoms with Gasteiger partial charge in [-0.15, -0.1) is 0 Å². The molecule has 36 heavy (non-hydrogen) atoms. The molecule has 0 bridgehead atoms. The van der Waals surface area contributed by atoms with Gasteiger partial charge in [-0.3, -0.25) is 9.59 Å². The number of carbonyl (C=O) groups excluding carboxylic acids is 2. The van der Waals surface area contributed by atoms with Gasteiger partial charge in [0, 0.05) is 5.69 Å². The van der Waals surface area contributed by atoms with E-state index in [1.54, 1.807) is 30.3 Å². The molecule has 0 heterocycles. The molecule has 0 aliphatic carbocycles. The topological polar surface area (TPSA) is 91.2 Å². The van der Waals surface area contributed by atoms with Gasteiger partial charge in [0.2, 0.25) is 0 Å². The van der Waals surface area contributed by atoms with E-state index in [-0.39, 0.29) is 29.8 Å². The molecule has 0 radical (unpaired) electrons. The van der Waals surface area contributed by atoms with Gasteiger partial charge in [-0.2, -0.15) is 18.4 Å². The van der Waals surface area contributed by atoms with E-state index in [1.165, 1.54) is 12.1 Å². The van der Waals surface area contributed by atoms with E-state index in [4.69, 9.17) is 4.74 Å². The maximum atomic E-state index is 12.9. The Morgan fingerprint density at radius 2 is 1.72 bits per heavy atom. The highest BCUT2D eigenvalue weighted by atomic mass is 19.4. The first-order chi connectivity index (χ1) is 17.2. The van der Waals surface area contributed by atoms with Crippen molar-refractivity contribution in [2.75, 3.05) is 11.9 Å². The predicted octanol–water partition coefficient (Wildman–Crippen LogP) is 5.51. The van der Waals surface area contributed by atoms with Crippen LogP contribution in [0.15, 0.2) is 84.4 Å². The zero-order valence-corrected chi connectivity index (χ0v) is 19.2. The molecule has 0 fully saturated rings. The van der Waals surface area contributed by atoms with Gasteiger partial charge in [-0.1, -0.05) is 48.5 Å². The maximum Gasteiger partial charge on any atom is 0.416 e. The van der Waals surface area contributed by atoms with Crippen LogP contribution < -0.4 is 15.4 Å². The average molecular weight is 493 g/mol. The highest BCUT2D eigenvalue weighted by molar-refractivity contribution is 6.09. The number of nitriles is 1. The molecule has 184 valence electrons. The Morgan fingerprint density at radius 1 is 1.03 bits per heavy atom. The smallest absolute Gasteiger partial charge is 0.416 e. The van der Waals surface area contributed by atoms with Gasteiger partial charge in [-0.05, 0) is 54.5 Å². The van der Waals surface area contributed by atoms with Crippen LogP contribution >= 0.6 is 0 Å². The second-order valence-electron chi connectivity index (χ2n) is 7.76. The third-order valence-corrected chi connectivity index (χ3v) is 5.05. The Balaban J connectivity index is 1.57. The molecule has 0 aliphatic heterocycles. The largest absolute Gasteiger partial charge is 0.484 e. The quantitative estimate of drug-likeness (QED) is 0.320. The Hall–Kier alpha value is -4.58. The molecule has 9 heteroatoms. The molecule has 0 aliphatic rings. The third-order valence-electron chi connectivity index (χ3n) is 5.05. The van der Waals surface area contributed by atoms with Crippen LogP contribution in [-0.2, 0) is 15.8 Å². The molecule has 0 saturated carbocycles. The van der Waals surface area contributed by atoms with Crippen LogP contribution in [0.25, 0.3) is 6.08 Å². The number of benzene rings is 3. The number of ether oxygens (including phenoxy) is 1. The summed E-state index contributed by atoms with van der Waals surface area (Å²) in [5.74, 6) is -0.740. The fourth-order valence-electron chi connectivity index (χ4n) is 3.20. The predicted molar refractivity (Wildman–Crippen MR) is 129 cm³/mol. The fraction of sp³-hybridized carbons (Fsp3) is 0.148. The lowest BCUT2D eigenvalue weighted by molar-refractivity contribution is -0.137. The Bertz CT molecular complexity index is 1280. The van der Waals surface area contributed by atoms with E-state index in [0.29, 0.717) is 11.3 Å². The Labute approximate surface area is 206 Å². The summed E-state index contributed by atoms with van der Waals surface area (Å²) in [6.45, 7) is 1.67. The van der Waals surface area contributed by atoms with Crippen molar-refractivity contribution in [1.82, 2.24) is 5.32 Å². The summed E-state index contributed by atoms with van der Waals surface area (Å²) in [4.78, 5) is 24.6. The first kappa shape index (κ1) is 26.0. The van der Waals surface area contributed by atoms with E-state index in [9.17, 15) is 28.0 Å². The van der Waals surface area contributed by atoms with Crippen LogP contribution in [0.3, 0.4) is 0 Å². The Morgan fingerprint density at radius 3 is 2.36 bits per heavy atom. The van der Waals surface area contributed by atoms with Crippen LogP contribution in [0.2, 0.25) is 0 Å². The Kier molecular flexibility index (Phi) is 8.47. The zero-order valence-electron chi connectivity index (χ0n) is 19.2. The molecule has 3 rings (SSSR count). The van der Waals surface area contributed by atoms with Crippen molar-refractivity contribution in [3.63, 3.8) is 0 Å². The maximum absolute atomic E-state index is 12.9. The van der Waals surface area contributed by atoms with E-state index in [2.05, 4.69) is 10.6 Å². The van der Waals surface area contributed by atoms with Crippen LogP contribution in [0.4, 0.5) is 18.9 Å². The SMILES string of the molecule is C[C@H](NC(=O)COc1ccc(/C=C(\C#N)C(=O)Nc2cccc(C(F)(F)F)c2)cc1)c1ccccc1. The first-order valence-electron chi connectivity index (χ1n) is 10.8. The number of nitrogens with one attached hydrogen (secondary N) is 2. The van der Waals surface area contributed by atoms with Crippen molar-refractivity contribution in [3.05, 3.63) is 101 Å². The lowest BCUT2D eigenvalue weighted by Crippen LogP contribution is -2.31. The number of hydrogen-bond donors (Lipinski definition) is 2. The molecule has 0 spiro atoms. The minimum atomic E-state index is -4.56. The summed E-state index contributed by atoms with van der Waals surface area (Å²) in [5, 5.41) is 14.5. The van der Waals surface area contributed by atoms with Crippen LogP contribution in [0.5, 0.6) is 5.75 Å². The summed E-state index contributed by atoms with van der Waals surface area (Å²) in [6, 6.07) is 21.5. The first-order valence-corrected chi connectivity index (χ1v) is 10.8. The molecule has 3 aromatic rings. The summed E-state index contributed by atoms with van der Waals surface area (Å²) < 4.78 is 44.1. The monoisotopic (exact) mass is 493 g/mol. The summed E-state index contributed by atoms with van der Waals surface area (Å²) in [6.07, 6.45) is -3.26. The van der Waals surface area contributed by atoms with Crippen LogP contribution in [-0.4, -0.2) is 18.4 Å².